The minimum Gasteiger partial charge on any atom is -0.496 e. The van der Waals surface area contributed by atoms with Crippen molar-refractivity contribution in [2.45, 2.75) is 19.8 Å². The summed E-state index contributed by atoms with van der Waals surface area (Å²) in [6.07, 6.45) is 4.00. The average Bonchev–Trinajstić information content (AvgIpc) is 3.80. The molecule has 1 saturated carbocycles. The summed E-state index contributed by atoms with van der Waals surface area (Å²) in [7, 11) is 1.46. The minimum atomic E-state index is -1.28. The lowest BCUT2D eigenvalue weighted by Gasteiger charge is -2.25. The van der Waals surface area contributed by atoms with Gasteiger partial charge in [0.05, 0.1) is 35.8 Å². The van der Waals surface area contributed by atoms with E-state index < -0.39 is 17.7 Å². The number of carboxylic acid groups (broad SMARTS) is 1. The maximum Gasteiger partial charge on any atom is 0.337 e. The first kappa shape index (κ1) is 27.9. The molecule has 0 saturated heterocycles. The second-order valence-electron chi connectivity index (χ2n) is 9.98. The molecule has 1 aliphatic carbocycles. The van der Waals surface area contributed by atoms with Gasteiger partial charge < -0.3 is 20.1 Å². The predicted molar refractivity (Wildman–Crippen MR) is 158 cm³/mol. The summed E-state index contributed by atoms with van der Waals surface area (Å²) in [5, 5.41) is 13.1. The molecule has 208 valence electrons. The summed E-state index contributed by atoms with van der Waals surface area (Å²) >= 11 is 6.07. The Morgan fingerprint density at radius 3 is 2.34 bits per heavy atom. The van der Waals surface area contributed by atoms with Gasteiger partial charge in [0.15, 0.2) is 0 Å². The fraction of sp³-hybridized carbons (Fsp3) is 0.188. The number of nitrogens with zero attached hydrogens (tertiary/aromatic N) is 2. The molecule has 1 amide bonds. The average molecular weight is 570 g/mol. The van der Waals surface area contributed by atoms with Crippen LogP contribution in [0.1, 0.15) is 55.2 Å². The number of ether oxygens (including phenoxy) is 1. The van der Waals surface area contributed by atoms with Crippen molar-refractivity contribution in [2.24, 2.45) is 5.92 Å². The van der Waals surface area contributed by atoms with Crippen LogP contribution in [0.25, 0.3) is 0 Å². The van der Waals surface area contributed by atoms with Gasteiger partial charge in [0, 0.05) is 22.8 Å². The third-order valence-electron chi connectivity index (χ3n) is 6.93. The van der Waals surface area contributed by atoms with E-state index in [4.69, 9.17) is 16.3 Å². The third-order valence-corrected chi connectivity index (χ3v) is 7.18. The number of amides is 1. The maximum atomic E-state index is 13.3. The van der Waals surface area contributed by atoms with Gasteiger partial charge in [0.2, 0.25) is 5.78 Å². The van der Waals surface area contributed by atoms with Crippen LogP contribution in [0.15, 0.2) is 79.0 Å². The van der Waals surface area contributed by atoms with Crippen LogP contribution in [-0.2, 0) is 0 Å². The van der Waals surface area contributed by atoms with Crippen LogP contribution in [0.2, 0.25) is 5.02 Å². The van der Waals surface area contributed by atoms with E-state index in [1.807, 2.05) is 37.3 Å². The quantitative estimate of drug-likeness (QED) is 0.203. The van der Waals surface area contributed by atoms with Gasteiger partial charge in [-0.3, -0.25) is 14.6 Å². The lowest BCUT2D eigenvalue weighted by molar-refractivity contribution is 0.0698. The second-order valence-corrected chi connectivity index (χ2v) is 10.4. The van der Waals surface area contributed by atoms with Crippen LogP contribution in [-0.4, -0.2) is 41.4 Å². The molecule has 41 heavy (non-hydrogen) atoms. The van der Waals surface area contributed by atoms with Crippen LogP contribution in [0.4, 0.5) is 17.1 Å². The molecule has 3 aromatic carbocycles. The number of hydrogen-bond donors (Lipinski definition) is 2. The maximum absolute atomic E-state index is 13.3. The van der Waals surface area contributed by atoms with E-state index in [1.165, 1.54) is 38.2 Å². The van der Waals surface area contributed by atoms with Crippen molar-refractivity contribution in [3.8, 4) is 5.75 Å². The molecule has 1 fully saturated rings. The summed E-state index contributed by atoms with van der Waals surface area (Å²) in [4.78, 5) is 44.8. The number of benzene rings is 3. The number of ketones is 1. The highest BCUT2D eigenvalue weighted by molar-refractivity contribution is 6.30. The molecule has 4 aromatic rings. The normalized spacial score (nSPS) is 12.5. The fourth-order valence-corrected chi connectivity index (χ4v) is 4.64. The van der Waals surface area contributed by atoms with Gasteiger partial charge in [-0.2, -0.15) is 0 Å². The Hall–Kier alpha value is -4.69. The Bertz CT molecular complexity index is 1620. The first-order chi connectivity index (χ1) is 19.7. The van der Waals surface area contributed by atoms with Crippen LogP contribution in [0.3, 0.4) is 0 Å². The van der Waals surface area contributed by atoms with Crippen molar-refractivity contribution >= 4 is 46.3 Å². The van der Waals surface area contributed by atoms with E-state index in [1.54, 1.807) is 30.5 Å². The second kappa shape index (κ2) is 11.8. The number of aryl methyl sites for hydroxylation is 1. The van der Waals surface area contributed by atoms with Crippen LogP contribution in [0.5, 0.6) is 5.75 Å². The monoisotopic (exact) mass is 569 g/mol. The summed E-state index contributed by atoms with van der Waals surface area (Å²) in [5.74, 6) is -1.28. The van der Waals surface area contributed by atoms with Crippen molar-refractivity contribution in [2.75, 3.05) is 23.9 Å². The molecule has 1 aliphatic rings. The van der Waals surface area contributed by atoms with Gasteiger partial charge in [-0.1, -0.05) is 17.7 Å². The fourth-order valence-electron chi connectivity index (χ4n) is 4.51. The number of carboxylic acids is 1. The highest BCUT2D eigenvalue weighted by atomic mass is 35.5. The zero-order valence-corrected chi connectivity index (χ0v) is 23.3. The largest absolute Gasteiger partial charge is 0.496 e. The minimum absolute atomic E-state index is 0.0590. The van der Waals surface area contributed by atoms with E-state index in [-0.39, 0.29) is 28.1 Å². The van der Waals surface area contributed by atoms with E-state index in [9.17, 15) is 19.5 Å². The van der Waals surface area contributed by atoms with Gasteiger partial charge in [-0.25, -0.2) is 4.79 Å². The number of carbonyl (C=O) groups is 3. The van der Waals surface area contributed by atoms with Crippen molar-refractivity contribution in [3.05, 3.63) is 112 Å². The van der Waals surface area contributed by atoms with Crippen molar-refractivity contribution < 1.29 is 24.2 Å². The molecule has 0 aliphatic heterocycles. The Balaban J connectivity index is 1.37. The van der Waals surface area contributed by atoms with E-state index in [0.717, 1.165) is 23.5 Å². The van der Waals surface area contributed by atoms with Gasteiger partial charge in [-0.15, -0.1) is 0 Å². The summed E-state index contributed by atoms with van der Waals surface area (Å²) < 4.78 is 5.30. The van der Waals surface area contributed by atoms with Gasteiger partial charge in [0.1, 0.15) is 11.4 Å². The van der Waals surface area contributed by atoms with Gasteiger partial charge in [-0.05, 0) is 98.0 Å². The number of hydrogen-bond acceptors (Lipinski definition) is 6. The first-order valence-electron chi connectivity index (χ1n) is 13.1. The van der Waals surface area contributed by atoms with Gasteiger partial charge >= 0.3 is 5.97 Å². The highest BCUT2D eigenvalue weighted by Gasteiger charge is 2.26. The number of aromatic carboxylic acids is 1. The summed E-state index contributed by atoms with van der Waals surface area (Å²) in [5.41, 5.74) is 3.15. The Kier molecular flexibility index (Phi) is 8.03. The molecule has 5 rings (SSSR count). The number of pyridine rings is 1. The Morgan fingerprint density at radius 1 is 0.976 bits per heavy atom. The number of rotatable bonds is 10. The molecule has 0 radical (unpaired) electrons. The molecule has 8 nitrogen and oxygen atoms in total. The highest BCUT2D eigenvalue weighted by Crippen LogP contribution is 2.35. The SMILES string of the molecule is COc1cc(C)ccc1C(=O)Nc1ccc(C(=O)c2ccc(N(CC3CC3)c3ccc(Cl)cc3)cn2)cc1C(=O)O. The van der Waals surface area contributed by atoms with E-state index in [0.29, 0.717) is 16.7 Å². The molecular weight excluding hydrogens is 542 g/mol. The zero-order valence-electron chi connectivity index (χ0n) is 22.6. The third kappa shape index (κ3) is 6.39. The van der Waals surface area contributed by atoms with Crippen LogP contribution in [0, 0.1) is 12.8 Å². The molecule has 0 spiro atoms. The molecule has 0 unspecified atom stereocenters. The number of halogens is 1. The lowest BCUT2D eigenvalue weighted by Crippen LogP contribution is -2.20. The zero-order chi connectivity index (χ0) is 29.1. The Labute approximate surface area is 242 Å². The number of methoxy groups -OCH3 is 1. The smallest absolute Gasteiger partial charge is 0.337 e. The number of anilines is 3. The molecule has 0 atom stereocenters. The Morgan fingerprint density at radius 2 is 1.71 bits per heavy atom. The number of nitrogens with one attached hydrogen (secondary N) is 1. The number of carbonyl (C=O) groups excluding carboxylic acids is 2. The van der Waals surface area contributed by atoms with E-state index in [2.05, 4.69) is 15.2 Å². The topological polar surface area (TPSA) is 109 Å². The summed E-state index contributed by atoms with van der Waals surface area (Å²) in [6, 6.07) is 20.2. The first-order valence-corrected chi connectivity index (χ1v) is 13.5. The van der Waals surface area contributed by atoms with E-state index >= 15 is 0 Å². The molecule has 2 N–H and O–H groups in total. The lowest BCUT2D eigenvalue weighted by atomic mass is 10.0. The van der Waals surface area contributed by atoms with Gasteiger partial charge in [0.25, 0.3) is 5.91 Å². The molecule has 9 heteroatoms. The molecular formula is C32H28ClN3O5. The summed E-state index contributed by atoms with van der Waals surface area (Å²) in [6.45, 7) is 2.70. The predicted octanol–water partition coefficient (Wildman–Crippen LogP) is 6.78. The standard InChI is InChI=1S/C32H28ClN3O5/c1-19-3-12-25(29(15-19)41-2)31(38)35-27-13-6-21(16-26(27)32(39)40)30(37)28-14-11-24(17-34-28)36(18-20-4-5-20)23-9-7-22(33)8-10-23/h3,6-17,20H,4-5,18H2,1-2H3,(H,35,38)(H,39,40). The molecule has 1 aromatic heterocycles. The van der Waals surface area contributed by atoms with Crippen LogP contribution >= 0.6 is 11.6 Å². The number of aromatic nitrogens is 1. The molecule has 0 bridgehead atoms. The van der Waals surface area contributed by atoms with Crippen molar-refractivity contribution in [3.63, 3.8) is 0 Å². The van der Waals surface area contributed by atoms with Crippen LogP contribution < -0.4 is 15.0 Å². The molecule has 1 heterocycles. The van der Waals surface area contributed by atoms with Crippen molar-refractivity contribution in [1.29, 1.82) is 0 Å². The van der Waals surface area contributed by atoms with Crippen molar-refractivity contribution in [1.82, 2.24) is 4.98 Å².